The highest BCUT2D eigenvalue weighted by molar-refractivity contribution is 9.10. The molecule has 1 saturated carbocycles. The van der Waals surface area contributed by atoms with Gasteiger partial charge in [0.05, 0.1) is 25.0 Å². The van der Waals surface area contributed by atoms with Crippen molar-refractivity contribution in [1.82, 2.24) is 20.2 Å². The minimum atomic E-state index is -0.630. The molecule has 30 heavy (non-hydrogen) atoms. The van der Waals surface area contributed by atoms with Gasteiger partial charge in [0.2, 0.25) is 5.91 Å². The van der Waals surface area contributed by atoms with Crippen molar-refractivity contribution in [2.24, 2.45) is 11.3 Å². The van der Waals surface area contributed by atoms with Gasteiger partial charge < -0.3 is 19.9 Å². The summed E-state index contributed by atoms with van der Waals surface area (Å²) in [5, 5.41) is 2.71. The van der Waals surface area contributed by atoms with Crippen LogP contribution in [-0.4, -0.2) is 46.6 Å². The van der Waals surface area contributed by atoms with Crippen LogP contribution < -0.4 is 5.32 Å². The number of carbonyl (C=O) groups is 2. The van der Waals surface area contributed by atoms with Crippen LogP contribution in [0.2, 0.25) is 0 Å². The zero-order valence-electron chi connectivity index (χ0n) is 17.4. The van der Waals surface area contributed by atoms with E-state index in [9.17, 15) is 9.59 Å². The largest absolute Gasteiger partial charge is 0.453 e. The summed E-state index contributed by atoms with van der Waals surface area (Å²) in [6.07, 6.45) is 4.39. The lowest BCUT2D eigenvalue weighted by atomic mass is 10.0. The fourth-order valence-electron chi connectivity index (χ4n) is 4.23. The molecule has 2 amide bonds. The third kappa shape index (κ3) is 4.10. The Kier molecular flexibility index (Phi) is 5.61. The Labute approximate surface area is 184 Å². The Balaban J connectivity index is 1.59. The van der Waals surface area contributed by atoms with Gasteiger partial charge >= 0.3 is 6.09 Å². The summed E-state index contributed by atoms with van der Waals surface area (Å²) < 4.78 is 5.75. The number of amides is 2. The predicted octanol–water partition coefficient (Wildman–Crippen LogP) is 4.27. The standard InChI is InChI=1S/C22H27BrN4O3/c1-13(2)18(26-21(29)30-3)20(28)27-12-22(8-9-22)10-17(27)19-24-11-16(25-19)14-4-6-15(23)7-5-14/h4-7,11,13,17-18H,8-10,12H2,1-3H3,(H,24,25)(H,26,29). The molecule has 2 fully saturated rings. The van der Waals surface area contributed by atoms with Crippen LogP contribution in [-0.2, 0) is 9.53 Å². The average Bonchev–Trinajstić information content (AvgIpc) is 3.13. The van der Waals surface area contributed by atoms with E-state index in [0.29, 0.717) is 6.54 Å². The van der Waals surface area contributed by atoms with Gasteiger partial charge in [-0.05, 0) is 48.3 Å². The summed E-state index contributed by atoms with van der Waals surface area (Å²) in [7, 11) is 1.31. The Morgan fingerprint density at radius 1 is 1.30 bits per heavy atom. The molecule has 1 saturated heterocycles. The number of aromatic amines is 1. The summed E-state index contributed by atoms with van der Waals surface area (Å²) >= 11 is 3.46. The van der Waals surface area contributed by atoms with Crippen LogP contribution >= 0.6 is 15.9 Å². The highest BCUT2D eigenvalue weighted by Gasteiger charge is 2.55. The lowest BCUT2D eigenvalue weighted by molar-refractivity contribution is -0.135. The number of hydrogen-bond acceptors (Lipinski definition) is 4. The van der Waals surface area contributed by atoms with E-state index in [1.165, 1.54) is 7.11 Å². The second kappa shape index (κ2) is 8.06. The number of alkyl carbamates (subject to hydrolysis) is 1. The van der Waals surface area contributed by atoms with Crippen molar-refractivity contribution < 1.29 is 14.3 Å². The molecule has 2 unspecified atom stereocenters. The molecule has 1 aromatic carbocycles. The quantitative estimate of drug-likeness (QED) is 0.676. The molecule has 7 nitrogen and oxygen atoms in total. The minimum absolute atomic E-state index is 0.0528. The number of hydrogen-bond donors (Lipinski definition) is 2. The first kappa shape index (κ1) is 20.9. The maximum absolute atomic E-state index is 13.5. The molecule has 8 heteroatoms. The smallest absolute Gasteiger partial charge is 0.407 e. The maximum Gasteiger partial charge on any atom is 0.407 e. The molecule has 2 N–H and O–H groups in total. The van der Waals surface area contributed by atoms with E-state index in [-0.39, 0.29) is 23.3 Å². The second-order valence-corrected chi connectivity index (χ2v) is 9.65. The van der Waals surface area contributed by atoms with Crippen molar-refractivity contribution in [3.8, 4) is 11.3 Å². The van der Waals surface area contributed by atoms with Crippen molar-refractivity contribution in [3.05, 3.63) is 40.8 Å². The topological polar surface area (TPSA) is 87.3 Å². The molecule has 2 heterocycles. The molecule has 2 atom stereocenters. The fourth-order valence-corrected chi connectivity index (χ4v) is 4.50. The lowest BCUT2D eigenvalue weighted by Crippen LogP contribution is -2.51. The summed E-state index contributed by atoms with van der Waals surface area (Å²) in [4.78, 5) is 35.2. The molecule has 2 aromatic rings. The van der Waals surface area contributed by atoms with Crippen molar-refractivity contribution in [2.75, 3.05) is 13.7 Å². The number of imidazole rings is 1. The van der Waals surface area contributed by atoms with Crippen molar-refractivity contribution in [3.63, 3.8) is 0 Å². The van der Waals surface area contributed by atoms with Gasteiger partial charge in [-0.3, -0.25) is 4.79 Å². The van der Waals surface area contributed by atoms with Gasteiger partial charge in [0, 0.05) is 11.0 Å². The average molecular weight is 475 g/mol. The summed E-state index contributed by atoms with van der Waals surface area (Å²) in [5.41, 5.74) is 2.16. The number of methoxy groups -OCH3 is 1. The zero-order chi connectivity index (χ0) is 21.5. The van der Waals surface area contributed by atoms with Crippen LogP contribution in [0.1, 0.15) is 45.0 Å². The van der Waals surface area contributed by atoms with Gasteiger partial charge in [-0.15, -0.1) is 0 Å². The van der Waals surface area contributed by atoms with E-state index in [0.717, 1.165) is 40.8 Å². The first-order valence-electron chi connectivity index (χ1n) is 10.3. The van der Waals surface area contributed by atoms with E-state index < -0.39 is 12.1 Å². The lowest BCUT2D eigenvalue weighted by Gasteiger charge is -2.30. The normalized spacial score (nSPS) is 20.4. The second-order valence-electron chi connectivity index (χ2n) is 8.73. The minimum Gasteiger partial charge on any atom is -0.453 e. The molecular weight excluding hydrogens is 448 g/mol. The van der Waals surface area contributed by atoms with Gasteiger partial charge in [0.15, 0.2) is 0 Å². The number of aromatic nitrogens is 2. The van der Waals surface area contributed by atoms with Gasteiger partial charge in [-0.1, -0.05) is 41.9 Å². The van der Waals surface area contributed by atoms with Crippen LogP contribution in [0.3, 0.4) is 0 Å². The third-order valence-corrected chi connectivity index (χ3v) is 6.73. The van der Waals surface area contributed by atoms with Crippen LogP contribution in [0.25, 0.3) is 11.3 Å². The summed E-state index contributed by atoms with van der Waals surface area (Å²) in [5.74, 6) is 0.666. The zero-order valence-corrected chi connectivity index (χ0v) is 19.0. The number of benzene rings is 1. The van der Waals surface area contributed by atoms with Crippen LogP contribution in [0.15, 0.2) is 34.9 Å². The Hall–Kier alpha value is -2.35. The van der Waals surface area contributed by atoms with E-state index >= 15 is 0 Å². The molecular formula is C22H27BrN4O3. The van der Waals surface area contributed by atoms with Gasteiger partial charge in [-0.25, -0.2) is 9.78 Å². The molecule has 1 aliphatic carbocycles. The highest BCUT2D eigenvalue weighted by atomic mass is 79.9. The molecule has 1 aliphatic heterocycles. The Morgan fingerprint density at radius 3 is 2.60 bits per heavy atom. The first-order valence-corrected chi connectivity index (χ1v) is 11.1. The molecule has 0 bridgehead atoms. The number of halogens is 1. The van der Waals surface area contributed by atoms with E-state index in [1.54, 1.807) is 0 Å². The molecule has 1 spiro atoms. The van der Waals surface area contributed by atoms with Gasteiger partial charge in [0.1, 0.15) is 11.9 Å². The number of nitrogens with zero attached hydrogens (tertiary/aromatic N) is 2. The predicted molar refractivity (Wildman–Crippen MR) is 117 cm³/mol. The number of carbonyl (C=O) groups excluding carboxylic acids is 2. The van der Waals surface area contributed by atoms with Crippen molar-refractivity contribution in [1.29, 1.82) is 0 Å². The fraction of sp³-hybridized carbons (Fsp3) is 0.500. The molecule has 2 aliphatic rings. The van der Waals surface area contributed by atoms with E-state index in [2.05, 4.69) is 31.2 Å². The van der Waals surface area contributed by atoms with E-state index in [1.807, 2.05) is 49.2 Å². The highest BCUT2D eigenvalue weighted by Crippen LogP contribution is 2.58. The number of nitrogens with one attached hydrogen (secondary N) is 2. The number of likely N-dealkylation sites (tertiary alicyclic amines) is 1. The van der Waals surface area contributed by atoms with E-state index in [4.69, 9.17) is 4.74 Å². The SMILES string of the molecule is COC(=O)NC(C(=O)N1CC2(CC2)CC1c1ncc(-c2ccc(Br)cc2)[nH]1)C(C)C. The first-order chi connectivity index (χ1) is 14.3. The Morgan fingerprint density at radius 2 is 2.00 bits per heavy atom. The van der Waals surface area contributed by atoms with Crippen LogP contribution in [0, 0.1) is 11.3 Å². The number of ether oxygens (including phenoxy) is 1. The molecule has 4 rings (SSSR count). The van der Waals surface area contributed by atoms with Crippen LogP contribution in [0.5, 0.6) is 0 Å². The maximum atomic E-state index is 13.5. The molecule has 0 radical (unpaired) electrons. The summed E-state index contributed by atoms with van der Waals surface area (Å²) in [6.45, 7) is 4.56. The molecule has 160 valence electrons. The number of rotatable bonds is 5. The Bertz CT molecular complexity index is 936. The summed E-state index contributed by atoms with van der Waals surface area (Å²) in [6, 6.07) is 7.28. The van der Waals surface area contributed by atoms with Crippen LogP contribution in [0.4, 0.5) is 4.79 Å². The monoisotopic (exact) mass is 474 g/mol. The molecule has 1 aromatic heterocycles. The van der Waals surface area contributed by atoms with Crippen molar-refractivity contribution >= 4 is 27.9 Å². The van der Waals surface area contributed by atoms with Gasteiger partial charge in [-0.2, -0.15) is 0 Å². The third-order valence-electron chi connectivity index (χ3n) is 6.21. The number of H-pyrrole nitrogens is 1. The van der Waals surface area contributed by atoms with Gasteiger partial charge in [0.25, 0.3) is 0 Å². The van der Waals surface area contributed by atoms with Crippen molar-refractivity contribution in [2.45, 2.75) is 45.2 Å².